The molecule has 0 saturated carbocycles. The molecule has 0 unspecified atom stereocenters. The van der Waals surface area contributed by atoms with Crippen LogP contribution in [0.25, 0.3) is 65.3 Å². The van der Waals surface area contributed by atoms with E-state index in [0.29, 0.717) is 0 Å². The van der Waals surface area contributed by atoms with Gasteiger partial charge in [0, 0.05) is 27.7 Å². The number of rotatable bonds is 2. The Balaban J connectivity index is 1.19. The van der Waals surface area contributed by atoms with E-state index < -0.39 is 8.60 Å². The van der Waals surface area contributed by atoms with Crippen LogP contribution in [0.3, 0.4) is 0 Å². The lowest BCUT2D eigenvalue weighted by Crippen LogP contribution is -2.25. The van der Waals surface area contributed by atoms with Crippen molar-refractivity contribution in [3.63, 3.8) is 0 Å². The molecule has 0 fully saturated rings. The van der Waals surface area contributed by atoms with Crippen molar-refractivity contribution < 1.29 is 13.9 Å². The fraction of sp³-hybridized carbons (Fsp3) is 0.111. The van der Waals surface area contributed by atoms with E-state index in [1.807, 2.05) is 0 Å². The second-order valence-corrected chi connectivity index (χ2v) is 14.7. The van der Waals surface area contributed by atoms with E-state index >= 15 is 0 Å². The molecule has 49 heavy (non-hydrogen) atoms. The normalized spacial score (nSPS) is 15.9. The monoisotopic (exact) mass is 650 g/mol. The second kappa shape index (κ2) is 10.2. The number of hydrogen-bond acceptors (Lipinski definition) is 3. The Labute approximate surface area is 285 Å². The quantitative estimate of drug-likeness (QED) is 0.149. The van der Waals surface area contributed by atoms with Gasteiger partial charge in [-0.2, -0.15) is 0 Å². The van der Waals surface area contributed by atoms with Gasteiger partial charge in [-0.05, 0) is 103 Å². The first-order chi connectivity index (χ1) is 24.2. The molecule has 8 aromatic rings. The molecule has 8 aromatic carbocycles. The van der Waals surface area contributed by atoms with Crippen molar-refractivity contribution in [2.45, 2.75) is 31.1 Å². The topological polar surface area (TPSA) is 38.7 Å². The van der Waals surface area contributed by atoms with Crippen molar-refractivity contribution in [1.82, 2.24) is 0 Å². The Hall–Kier alpha value is -5.21. The standard InChI is InChI=1S/C45H31O3P/c46-49-47-43-37(39-25-29-9-1-3-11-31(29)33-13-5-7-15-35(33)39)19-17-27-21-23-45(41(27)43)24-22-28-18-20-38(44(48-49)42(28)45)40-26-30-10-2-4-12-32(30)34-14-6-8-16-36(34)40/h1-20,25-26,46H,21-24H2. The first-order valence-electron chi connectivity index (χ1n) is 17.2. The minimum absolute atomic E-state index is 0.253. The van der Waals surface area contributed by atoms with Crippen LogP contribution in [0.15, 0.2) is 133 Å². The summed E-state index contributed by atoms with van der Waals surface area (Å²) < 4.78 is 13.5. The molecule has 1 N–H and O–H groups in total. The lowest BCUT2D eigenvalue weighted by molar-refractivity contribution is 0.360. The maximum Gasteiger partial charge on any atom is 0.460 e. The molecule has 3 aliphatic rings. The molecule has 11 rings (SSSR count). The Kier molecular flexibility index (Phi) is 5.74. The minimum Gasteiger partial charge on any atom is -0.417 e. The lowest BCUT2D eigenvalue weighted by atomic mass is 9.74. The Bertz CT molecular complexity index is 2520. The van der Waals surface area contributed by atoms with Gasteiger partial charge in [0.15, 0.2) is 0 Å². The summed E-state index contributed by atoms with van der Waals surface area (Å²) in [5.41, 5.74) is 9.13. The summed E-state index contributed by atoms with van der Waals surface area (Å²) in [6.45, 7) is 0. The van der Waals surface area contributed by atoms with Gasteiger partial charge in [-0.15, -0.1) is 0 Å². The Morgan fingerprint density at radius 2 is 0.857 bits per heavy atom. The van der Waals surface area contributed by atoms with Crippen LogP contribution in [0, 0.1) is 0 Å². The van der Waals surface area contributed by atoms with E-state index in [0.717, 1.165) is 59.4 Å². The largest absolute Gasteiger partial charge is 0.460 e. The average molecular weight is 651 g/mol. The third-order valence-corrected chi connectivity index (χ3v) is 12.2. The molecule has 2 aliphatic carbocycles. The predicted octanol–water partition coefficient (Wildman–Crippen LogP) is 11.8. The SMILES string of the molecule is OP1Oc2c(-c3cc4ccccc4c4ccccc34)ccc3c2C2(CC3)CCc3ccc(-c4cc5ccccc5c5ccccc45)c(c32)O1. The van der Waals surface area contributed by atoms with Gasteiger partial charge in [0.1, 0.15) is 11.5 Å². The highest BCUT2D eigenvalue weighted by Crippen LogP contribution is 2.64. The average Bonchev–Trinajstić information content (AvgIpc) is 3.71. The van der Waals surface area contributed by atoms with Gasteiger partial charge < -0.3 is 13.9 Å². The lowest BCUT2D eigenvalue weighted by Gasteiger charge is -2.34. The highest BCUT2D eigenvalue weighted by molar-refractivity contribution is 7.41. The van der Waals surface area contributed by atoms with Gasteiger partial charge in [-0.1, -0.05) is 121 Å². The third-order valence-electron chi connectivity index (χ3n) is 11.5. The maximum atomic E-state index is 11.8. The van der Waals surface area contributed by atoms with Crippen LogP contribution in [-0.2, 0) is 18.3 Å². The maximum absolute atomic E-state index is 11.8. The molecule has 4 heteroatoms. The van der Waals surface area contributed by atoms with Crippen LogP contribution in [-0.4, -0.2) is 4.89 Å². The third kappa shape index (κ3) is 3.80. The summed E-state index contributed by atoms with van der Waals surface area (Å²) in [6.07, 6.45) is 3.93. The summed E-state index contributed by atoms with van der Waals surface area (Å²) in [5, 5.41) is 9.63. The van der Waals surface area contributed by atoms with E-state index in [9.17, 15) is 4.89 Å². The molecule has 1 aliphatic heterocycles. The molecular formula is C45H31O3P. The molecule has 0 atom stereocenters. The van der Waals surface area contributed by atoms with Crippen LogP contribution < -0.4 is 9.05 Å². The first-order valence-corrected chi connectivity index (χ1v) is 18.3. The smallest absolute Gasteiger partial charge is 0.417 e. The fourth-order valence-electron chi connectivity index (χ4n) is 9.50. The molecule has 0 aromatic heterocycles. The Morgan fingerprint density at radius 1 is 0.449 bits per heavy atom. The molecule has 1 heterocycles. The van der Waals surface area contributed by atoms with Crippen molar-refractivity contribution in [1.29, 1.82) is 0 Å². The van der Waals surface area contributed by atoms with E-state index in [1.165, 1.54) is 65.3 Å². The molecule has 0 bridgehead atoms. The molecule has 1 spiro atoms. The summed E-state index contributed by atoms with van der Waals surface area (Å²) in [6, 6.07) is 48.1. The van der Waals surface area contributed by atoms with Crippen molar-refractivity contribution >= 4 is 51.7 Å². The van der Waals surface area contributed by atoms with Crippen LogP contribution in [0.2, 0.25) is 0 Å². The highest BCUT2D eigenvalue weighted by atomic mass is 31.2. The van der Waals surface area contributed by atoms with Crippen LogP contribution in [0.4, 0.5) is 0 Å². The number of hydrogen-bond donors (Lipinski definition) is 1. The summed E-state index contributed by atoms with van der Waals surface area (Å²) >= 11 is 0. The first kappa shape index (κ1) is 27.7. The number of benzene rings is 8. The fourth-order valence-corrected chi connectivity index (χ4v) is 10.2. The van der Waals surface area contributed by atoms with Crippen LogP contribution in [0.1, 0.15) is 35.1 Å². The van der Waals surface area contributed by atoms with E-state index in [4.69, 9.17) is 9.05 Å². The van der Waals surface area contributed by atoms with Crippen molar-refractivity contribution in [2.24, 2.45) is 0 Å². The molecule has 3 nitrogen and oxygen atoms in total. The van der Waals surface area contributed by atoms with Crippen molar-refractivity contribution in [3.8, 4) is 33.8 Å². The van der Waals surface area contributed by atoms with E-state index in [-0.39, 0.29) is 5.41 Å². The zero-order valence-electron chi connectivity index (χ0n) is 26.7. The van der Waals surface area contributed by atoms with Gasteiger partial charge >= 0.3 is 8.60 Å². The Morgan fingerprint density at radius 3 is 1.33 bits per heavy atom. The highest BCUT2D eigenvalue weighted by Gasteiger charge is 2.51. The van der Waals surface area contributed by atoms with Crippen molar-refractivity contribution in [2.75, 3.05) is 0 Å². The van der Waals surface area contributed by atoms with Gasteiger partial charge in [0.25, 0.3) is 0 Å². The van der Waals surface area contributed by atoms with Gasteiger partial charge in [0.05, 0.1) is 0 Å². The predicted molar refractivity (Wildman–Crippen MR) is 202 cm³/mol. The van der Waals surface area contributed by atoms with Crippen molar-refractivity contribution in [3.05, 3.63) is 156 Å². The second-order valence-electron chi connectivity index (χ2n) is 13.8. The van der Waals surface area contributed by atoms with Gasteiger partial charge in [0.2, 0.25) is 0 Å². The van der Waals surface area contributed by atoms with Gasteiger partial charge in [-0.25, -0.2) is 0 Å². The summed E-state index contributed by atoms with van der Waals surface area (Å²) in [4.78, 5) is 11.8. The summed E-state index contributed by atoms with van der Waals surface area (Å²) in [7, 11) is -2.29. The molecule has 234 valence electrons. The van der Waals surface area contributed by atoms with Gasteiger partial charge in [-0.3, -0.25) is 0 Å². The number of fused-ring (bicyclic) bond motifs is 6. The molecular weight excluding hydrogens is 619 g/mol. The summed E-state index contributed by atoms with van der Waals surface area (Å²) in [5.74, 6) is 1.56. The zero-order chi connectivity index (χ0) is 32.3. The minimum atomic E-state index is -2.29. The molecule has 0 radical (unpaired) electrons. The number of aryl methyl sites for hydroxylation is 2. The molecule has 0 amide bonds. The molecule has 0 saturated heterocycles. The van der Waals surface area contributed by atoms with E-state index in [2.05, 4.69) is 133 Å². The van der Waals surface area contributed by atoms with Crippen LogP contribution >= 0.6 is 8.60 Å². The van der Waals surface area contributed by atoms with E-state index in [1.54, 1.807) is 0 Å². The zero-order valence-corrected chi connectivity index (χ0v) is 27.6. The van der Waals surface area contributed by atoms with Crippen LogP contribution in [0.5, 0.6) is 11.5 Å².